The molecule has 0 spiro atoms. The van der Waals surface area contributed by atoms with Crippen molar-refractivity contribution >= 4 is 5.91 Å². The third-order valence-electron chi connectivity index (χ3n) is 5.50. The Morgan fingerprint density at radius 1 is 1.30 bits per heavy atom. The molecule has 1 heterocycles. The average Bonchev–Trinajstić information content (AvgIpc) is 2.96. The molecule has 0 aromatic carbocycles. The van der Waals surface area contributed by atoms with Crippen LogP contribution < -0.4 is 5.73 Å². The molecule has 4 nitrogen and oxygen atoms in total. The van der Waals surface area contributed by atoms with Gasteiger partial charge in [-0.3, -0.25) is 4.79 Å². The molecule has 2 aliphatic rings. The van der Waals surface area contributed by atoms with Crippen molar-refractivity contribution in [3.63, 3.8) is 0 Å². The molecule has 0 aromatic heterocycles. The third-order valence-corrected chi connectivity index (χ3v) is 5.50. The van der Waals surface area contributed by atoms with E-state index in [2.05, 4.69) is 18.7 Å². The fraction of sp³-hybridized carbons (Fsp3) is 0.938. The van der Waals surface area contributed by atoms with Crippen LogP contribution in [0.1, 0.15) is 52.4 Å². The van der Waals surface area contributed by atoms with E-state index in [0.717, 1.165) is 51.6 Å². The van der Waals surface area contributed by atoms with E-state index in [9.17, 15) is 4.79 Å². The van der Waals surface area contributed by atoms with E-state index in [1.54, 1.807) is 0 Å². The van der Waals surface area contributed by atoms with E-state index in [1.807, 2.05) is 11.9 Å². The van der Waals surface area contributed by atoms with Crippen molar-refractivity contribution in [2.24, 2.45) is 11.1 Å². The molecule has 4 heteroatoms. The Kier molecular flexibility index (Phi) is 5.08. The molecular formula is C16H31N3O. The summed E-state index contributed by atoms with van der Waals surface area (Å²) in [5.41, 5.74) is 5.70. The van der Waals surface area contributed by atoms with Gasteiger partial charge in [0.05, 0.1) is 5.41 Å². The van der Waals surface area contributed by atoms with Crippen molar-refractivity contribution in [3.05, 3.63) is 0 Å². The molecule has 0 aromatic rings. The van der Waals surface area contributed by atoms with Crippen molar-refractivity contribution in [1.82, 2.24) is 9.80 Å². The first kappa shape index (κ1) is 15.8. The van der Waals surface area contributed by atoms with Gasteiger partial charge >= 0.3 is 0 Å². The first-order valence-corrected chi connectivity index (χ1v) is 8.21. The maximum atomic E-state index is 12.8. The second-order valence-electron chi connectivity index (χ2n) is 6.97. The first-order chi connectivity index (χ1) is 9.50. The van der Waals surface area contributed by atoms with Crippen LogP contribution in [0.5, 0.6) is 0 Å². The Labute approximate surface area is 123 Å². The molecule has 1 amide bonds. The van der Waals surface area contributed by atoms with Crippen LogP contribution in [0.15, 0.2) is 0 Å². The van der Waals surface area contributed by atoms with Gasteiger partial charge in [-0.25, -0.2) is 0 Å². The smallest absolute Gasteiger partial charge is 0.230 e. The predicted molar refractivity (Wildman–Crippen MR) is 82.5 cm³/mol. The summed E-state index contributed by atoms with van der Waals surface area (Å²) < 4.78 is 0. The maximum Gasteiger partial charge on any atom is 0.230 e. The minimum atomic E-state index is -0.246. The highest BCUT2D eigenvalue weighted by molar-refractivity contribution is 5.83. The summed E-state index contributed by atoms with van der Waals surface area (Å²) >= 11 is 0. The molecule has 2 fully saturated rings. The molecule has 116 valence electrons. The van der Waals surface area contributed by atoms with Gasteiger partial charge in [0.1, 0.15) is 0 Å². The predicted octanol–water partition coefficient (Wildman–Crippen LogP) is 1.84. The van der Waals surface area contributed by atoms with Crippen molar-refractivity contribution in [2.45, 2.75) is 64.5 Å². The minimum Gasteiger partial charge on any atom is -0.342 e. The molecule has 2 rings (SSSR count). The monoisotopic (exact) mass is 281 g/mol. The Balaban J connectivity index is 1.94. The molecule has 0 bridgehead atoms. The number of likely N-dealkylation sites (tertiary alicyclic amines) is 1. The van der Waals surface area contributed by atoms with E-state index >= 15 is 0 Å². The van der Waals surface area contributed by atoms with Gasteiger partial charge < -0.3 is 15.5 Å². The number of nitrogens with two attached hydrogens (primary N) is 1. The second-order valence-corrected chi connectivity index (χ2v) is 6.97. The highest BCUT2D eigenvalue weighted by Crippen LogP contribution is 2.39. The summed E-state index contributed by atoms with van der Waals surface area (Å²) in [6, 6.07) is 1.02. The van der Waals surface area contributed by atoms with E-state index in [-0.39, 0.29) is 5.41 Å². The Hall–Kier alpha value is -0.610. The van der Waals surface area contributed by atoms with Crippen LogP contribution in [0.25, 0.3) is 0 Å². The lowest BCUT2D eigenvalue weighted by Gasteiger charge is -2.41. The number of carbonyl (C=O) groups is 1. The minimum absolute atomic E-state index is 0.246. The molecule has 1 saturated carbocycles. The lowest BCUT2D eigenvalue weighted by Crippen LogP contribution is -2.52. The van der Waals surface area contributed by atoms with Crippen molar-refractivity contribution < 1.29 is 4.79 Å². The van der Waals surface area contributed by atoms with Gasteiger partial charge in [-0.1, -0.05) is 12.8 Å². The first-order valence-electron chi connectivity index (χ1n) is 8.21. The van der Waals surface area contributed by atoms with E-state index < -0.39 is 0 Å². The fourth-order valence-corrected chi connectivity index (χ4v) is 3.89. The summed E-state index contributed by atoms with van der Waals surface area (Å²) in [6.45, 7) is 7.22. The summed E-state index contributed by atoms with van der Waals surface area (Å²) in [5.74, 6) is 0.306. The maximum absolute atomic E-state index is 12.8. The molecule has 1 aliphatic heterocycles. The van der Waals surface area contributed by atoms with Crippen LogP contribution in [0, 0.1) is 5.41 Å². The summed E-state index contributed by atoms with van der Waals surface area (Å²) in [6.07, 6.45) is 6.47. The lowest BCUT2D eigenvalue weighted by molar-refractivity contribution is -0.143. The molecule has 2 N–H and O–H groups in total. The van der Waals surface area contributed by atoms with E-state index in [1.165, 1.54) is 0 Å². The highest BCUT2D eigenvalue weighted by atomic mass is 16.2. The average molecular weight is 281 g/mol. The molecule has 0 unspecified atom stereocenters. The zero-order chi connectivity index (χ0) is 14.8. The lowest BCUT2D eigenvalue weighted by atomic mass is 9.84. The zero-order valence-corrected chi connectivity index (χ0v) is 13.4. The van der Waals surface area contributed by atoms with Crippen molar-refractivity contribution in [3.8, 4) is 0 Å². The largest absolute Gasteiger partial charge is 0.342 e. The molecule has 0 radical (unpaired) electrons. The SMILES string of the molecule is CC(C)N1CCC(N(C)C(=O)C2(CN)CCCC2)CC1. The highest BCUT2D eigenvalue weighted by Gasteiger charge is 2.43. The number of rotatable bonds is 4. The number of amides is 1. The number of hydrogen-bond donors (Lipinski definition) is 1. The fourth-order valence-electron chi connectivity index (χ4n) is 3.89. The number of carbonyl (C=O) groups excluding carboxylic acids is 1. The van der Waals surface area contributed by atoms with Gasteiger partial charge in [0.25, 0.3) is 0 Å². The Morgan fingerprint density at radius 2 is 1.85 bits per heavy atom. The Bertz CT molecular complexity index is 329. The second kappa shape index (κ2) is 6.44. The quantitative estimate of drug-likeness (QED) is 0.855. The van der Waals surface area contributed by atoms with Gasteiger partial charge in [-0.05, 0) is 39.5 Å². The van der Waals surface area contributed by atoms with Gasteiger partial charge in [-0.15, -0.1) is 0 Å². The van der Waals surface area contributed by atoms with Crippen LogP contribution in [0.4, 0.5) is 0 Å². The van der Waals surface area contributed by atoms with Crippen LogP contribution >= 0.6 is 0 Å². The Morgan fingerprint density at radius 3 is 2.30 bits per heavy atom. The molecule has 0 atom stereocenters. The number of hydrogen-bond acceptors (Lipinski definition) is 3. The van der Waals surface area contributed by atoms with Gasteiger partial charge in [0.2, 0.25) is 5.91 Å². The van der Waals surface area contributed by atoms with E-state index in [0.29, 0.717) is 24.5 Å². The summed E-state index contributed by atoms with van der Waals surface area (Å²) in [7, 11) is 1.99. The van der Waals surface area contributed by atoms with Gasteiger partial charge in [0.15, 0.2) is 0 Å². The molecule has 1 saturated heterocycles. The topological polar surface area (TPSA) is 49.6 Å². The van der Waals surface area contributed by atoms with Crippen LogP contribution in [-0.2, 0) is 4.79 Å². The number of piperidine rings is 1. The molecule has 20 heavy (non-hydrogen) atoms. The van der Waals surface area contributed by atoms with Gasteiger partial charge in [0, 0.05) is 38.8 Å². The molecule has 1 aliphatic carbocycles. The third kappa shape index (κ3) is 3.01. The normalized spacial score (nSPS) is 24.2. The van der Waals surface area contributed by atoms with Crippen molar-refractivity contribution in [2.75, 3.05) is 26.7 Å². The van der Waals surface area contributed by atoms with E-state index in [4.69, 9.17) is 5.73 Å². The van der Waals surface area contributed by atoms with Crippen LogP contribution in [0.3, 0.4) is 0 Å². The van der Waals surface area contributed by atoms with Crippen LogP contribution in [0.2, 0.25) is 0 Å². The summed E-state index contributed by atoms with van der Waals surface area (Å²) in [4.78, 5) is 17.4. The zero-order valence-electron chi connectivity index (χ0n) is 13.4. The summed E-state index contributed by atoms with van der Waals surface area (Å²) in [5, 5.41) is 0. The standard InChI is InChI=1S/C16H31N3O/c1-13(2)19-10-6-14(7-11-19)18(3)15(20)16(12-17)8-4-5-9-16/h13-14H,4-12,17H2,1-3H3. The van der Waals surface area contributed by atoms with Crippen molar-refractivity contribution in [1.29, 1.82) is 0 Å². The van der Waals surface area contributed by atoms with Crippen LogP contribution in [-0.4, -0.2) is 54.5 Å². The molecular weight excluding hydrogens is 250 g/mol. The van der Waals surface area contributed by atoms with Gasteiger partial charge in [-0.2, -0.15) is 0 Å². The number of nitrogens with zero attached hydrogens (tertiary/aromatic N) is 2.